The number of hydrogen-bond donors (Lipinski definition) is 2. The molecule has 0 saturated carbocycles. The van der Waals surface area contributed by atoms with E-state index in [1.165, 1.54) is 7.05 Å². The minimum absolute atomic E-state index is 0.168. The van der Waals surface area contributed by atoms with Gasteiger partial charge in [-0.15, -0.1) is 11.8 Å². The van der Waals surface area contributed by atoms with E-state index in [0.29, 0.717) is 10.8 Å². The van der Waals surface area contributed by atoms with Crippen LogP contribution in [-0.4, -0.2) is 20.9 Å². The van der Waals surface area contributed by atoms with Gasteiger partial charge in [0.2, 0.25) is 0 Å². The van der Waals surface area contributed by atoms with Crippen molar-refractivity contribution < 1.29 is 23.1 Å². The zero-order valence-electron chi connectivity index (χ0n) is 13.0. The Morgan fingerprint density at radius 2 is 2.08 bits per heavy atom. The zero-order chi connectivity index (χ0) is 18.8. The fourth-order valence-corrected chi connectivity index (χ4v) is 3.75. The third-order valence-electron chi connectivity index (χ3n) is 3.39. The zero-order valence-corrected chi connectivity index (χ0v) is 14.6. The van der Waals surface area contributed by atoms with Gasteiger partial charge in [0.1, 0.15) is 0 Å². The molecule has 1 aromatic heterocycles. The van der Waals surface area contributed by atoms with Crippen molar-refractivity contribution in [3.05, 3.63) is 46.1 Å². The van der Waals surface area contributed by atoms with E-state index in [1.54, 1.807) is 24.3 Å². The minimum atomic E-state index is -4.73. The summed E-state index contributed by atoms with van der Waals surface area (Å²) in [4.78, 5) is 10.9. The van der Waals surface area contributed by atoms with Crippen molar-refractivity contribution in [3.8, 4) is 0 Å². The predicted molar refractivity (Wildman–Crippen MR) is 88.4 cm³/mol. The minimum Gasteiger partial charge on any atom is -0.481 e. The molecule has 5 nitrogen and oxygen atoms in total. The Bertz CT molecular complexity index is 780. The smallest absolute Gasteiger partial charge is 0.435 e. The molecule has 1 atom stereocenters. The van der Waals surface area contributed by atoms with Gasteiger partial charge in [0.15, 0.2) is 5.69 Å². The number of alkyl halides is 3. The third-order valence-corrected chi connectivity index (χ3v) is 4.97. The Labute approximate surface area is 151 Å². The molecule has 3 N–H and O–H groups in total. The second kappa shape index (κ2) is 7.67. The van der Waals surface area contributed by atoms with Crippen molar-refractivity contribution >= 4 is 29.3 Å². The van der Waals surface area contributed by atoms with Crippen LogP contribution in [0.2, 0.25) is 5.02 Å². The molecule has 10 heteroatoms. The molecule has 0 amide bonds. The van der Waals surface area contributed by atoms with Crippen LogP contribution < -0.4 is 5.73 Å². The van der Waals surface area contributed by atoms with Crippen LogP contribution in [0.3, 0.4) is 0 Å². The van der Waals surface area contributed by atoms with Gasteiger partial charge in [0, 0.05) is 29.4 Å². The third kappa shape index (κ3) is 4.68. The van der Waals surface area contributed by atoms with E-state index in [0.717, 1.165) is 22.0 Å². The fourth-order valence-electron chi connectivity index (χ4n) is 2.29. The van der Waals surface area contributed by atoms with Gasteiger partial charge < -0.3 is 10.8 Å². The highest BCUT2D eigenvalue weighted by Gasteiger charge is 2.40. The highest BCUT2D eigenvalue weighted by Crippen LogP contribution is 2.40. The number of carboxylic acid groups (broad SMARTS) is 1. The van der Waals surface area contributed by atoms with Gasteiger partial charge in [-0.1, -0.05) is 29.8 Å². The van der Waals surface area contributed by atoms with Crippen molar-refractivity contribution in [3.63, 3.8) is 0 Å². The number of thioether (sulfide) groups is 1. The van der Waals surface area contributed by atoms with Crippen molar-refractivity contribution in [2.45, 2.75) is 29.4 Å². The molecular formula is C15H15ClF3N3O2S. The highest BCUT2D eigenvalue weighted by molar-refractivity contribution is 7.98. The largest absolute Gasteiger partial charge is 0.481 e. The standard InChI is InChI=1S/C15H15ClF3N3O2S/c1-22-14(25-7-8-4-2-3-5-9(8)16)12(10(20)6-11(23)24)13(21-22)15(17,18)19/h2-5,10H,6-7,20H2,1H3,(H,23,24). The van der Waals surface area contributed by atoms with E-state index >= 15 is 0 Å². The van der Waals surface area contributed by atoms with Crippen molar-refractivity contribution in [2.75, 3.05) is 0 Å². The molecule has 1 unspecified atom stereocenters. The van der Waals surface area contributed by atoms with Gasteiger partial charge in [0.05, 0.1) is 11.4 Å². The van der Waals surface area contributed by atoms with Gasteiger partial charge in [0.25, 0.3) is 0 Å². The average Bonchev–Trinajstić information content (AvgIpc) is 2.83. The van der Waals surface area contributed by atoms with Gasteiger partial charge in [-0.3, -0.25) is 9.48 Å². The molecule has 0 saturated heterocycles. The summed E-state index contributed by atoms with van der Waals surface area (Å²) in [5.74, 6) is -0.991. The van der Waals surface area contributed by atoms with Gasteiger partial charge in [-0.2, -0.15) is 18.3 Å². The number of hydrogen-bond acceptors (Lipinski definition) is 4. The van der Waals surface area contributed by atoms with E-state index in [1.807, 2.05) is 0 Å². The Morgan fingerprint density at radius 3 is 2.64 bits per heavy atom. The lowest BCUT2D eigenvalue weighted by molar-refractivity contribution is -0.143. The molecule has 0 spiro atoms. The Balaban J connectivity index is 2.40. The normalized spacial score (nSPS) is 13.0. The Morgan fingerprint density at radius 1 is 1.44 bits per heavy atom. The summed E-state index contributed by atoms with van der Waals surface area (Å²) in [6, 6.07) is 5.63. The van der Waals surface area contributed by atoms with Gasteiger partial charge in [-0.05, 0) is 11.6 Å². The number of aromatic nitrogens is 2. The molecule has 0 aliphatic carbocycles. The van der Waals surface area contributed by atoms with Crippen LogP contribution in [0.4, 0.5) is 13.2 Å². The van der Waals surface area contributed by atoms with Crippen LogP contribution >= 0.6 is 23.4 Å². The van der Waals surface area contributed by atoms with Gasteiger partial charge in [-0.25, -0.2) is 0 Å². The lowest BCUT2D eigenvalue weighted by Gasteiger charge is -2.14. The molecule has 25 heavy (non-hydrogen) atoms. The van der Waals surface area contributed by atoms with Crippen molar-refractivity contribution in [1.82, 2.24) is 9.78 Å². The van der Waals surface area contributed by atoms with E-state index in [9.17, 15) is 18.0 Å². The molecule has 0 aliphatic heterocycles. The molecule has 2 aromatic rings. The van der Waals surface area contributed by atoms with E-state index in [4.69, 9.17) is 22.4 Å². The lowest BCUT2D eigenvalue weighted by atomic mass is 10.1. The Hall–Kier alpha value is -1.71. The average molecular weight is 394 g/mol. The fraction of sp³-hybridized carbons (Fsp3) is 0.333. The Kier molecular flexibility index (Phi) is 6.02. The van der Waals surface area contributed by atoms with Gasteiger partial charge >= 0.3 is 12.1 Å². The first-order chi connectivity index (χ1) is 11.6. The number of rotatable bonds is 6. The number of nitrogens with zero attached hydrogens (tertiary/aromatic N) is 2. The first kappa shape index (κ1) is 19.6. The summed E-state index contributed by atoms with van der Waals surface area (Å²) < 4.78 is 40.8. The predicted octanol–water partition coefficient (Wildman–Crippen LogP) is 3.86. The molecule has 2 rings (SSSR count). The molecular weight excluding hydrogens is 379 g/mol. The topological polar surface area (TPSA) is 81.1 Å². The maximum Gasteiger partial charge on any atom is 0.435 e. The van der Waals surface area contributed by atoms with Crippen LogP contribution in [0.5, 0.6) is 0 Å². The number of nitrogens with two attached hydrogens (primary N) is 1. The summed E-state index contributed by atoms with van der Waals surface area (Å²) in [5, 5.41) is 13.0. The monoisotopic (exact) mass is 393 g/mol. The molecule has 0 aliphatic rings. The molecule has 0 bridgehead atoms. The molecule has 136 valence electrons. The van der Waals surface area contributed by atoms with Crippen molar-refractivity contribution in [1.29, 1.82) is 0 Å². The number of benzene rings is 1. The summed E-state index contributed by atoms with van der Waals surface area (Å²) in [5.41, 5.74) is 5.00. The number of carbonyl (C=O) groups is 1. The van der Waals surface area contributed by atoms with Crippen LogP contribution in [-0.2, 0) is 23.8 Å². The summed E-state index contributed by atoms with van der Waals surface area (Å²) >= 11 is 7.14. The van der Waals surface area contributed by atoms with E-state index in [2.05, 4.69) is 5.10 Å². The number of halogens is 4. The van der Waals surface area contributed by atoms with E-state index in [-0.39, 0.29) is 10.6 Å². The highest BCUT2D eigenvalue weighted by atomic mass is 35.5. The molecule has 1 aromatic carbocycles. The van der Waals surface area contributed by atoms with E-state index < -0.39 is 30.3 Å². The molecule has 1 heterocycles. The maximum atomic E-state index is 13.3. The summed E-state index contributed by atoms with van der Waals surface area (Å²) in [6.07, 6.45) is -5.36. The van der Waals surface area contributed by atoms with Crippen LogP contribution in [0, 0.1) is 0 Å². The second-order valence-electron chi connectivity index (χ2n) is 5.27. The summed E-state index contributed by atoms with van der Waals surface area (Å²) in [6.45, 7) is 0. The SMILES string of the molecule is Cn1nc(C(F)(F)F)c(C(N)CC(=O)O)c1SCc1ccccc1Cl. The first-order valence-electron chi connectivity index (χ1n) is 7.09. The molecule has 0 fully saturated rings. The second-order valence-corrected chi connectivity index (χ2v) is 6.64. The van der Waals surface area contributed by atoms with Crippen LogP contribution in [0.1, 0.15) is 29.3 Å². The van der Waals surface area contributed by atoms with Crippen LogP contribution in [0.15, 0.2) is 29.3 Å². The first-order valence-corrected chi connectivity index (χ1v) is 8.45. The lowest BCUT2D eigenvalue weighted by Crippen LogP contribution is -2.20. The quantitative estimate of drug-likeness (QED) is 0.728. The number of aliphatic carboxylic acids is 1. The van der Waals surface area contributed by atoms with Crippen molar-refractivity contribution in [2.24, 2.45) is 12.8 Å². The van der Waals surface area contributed by atoms with Crippen LogP contribution in [0.25, 0.3) is 0 Å². The summed E-state index contributed by atoms with van der Waals surface area (Å²) in [7, 11) is 1.36. The molecule has 0 radical (unpaired) electrons. The number of carboxylic acids is 1. The maximum absolute atomic E-state index is 13.3. The number of aryl methyl sites for hydroxylation is 1.